The SMILES string of the molecule is C1CO1.CC(C)CC(C)(O)C#CC(C)(O)CC(C)C. The highest BCUT2D eigenvalue weighted by molar-refractivity contribution is 5.19. The van der Waals surface area contributed by atoms with Gasteiger partial charge >= 0.3 is 0 Å². The van der Waals surface area contributed by atoms with Gasteiger partial charge in [-0.1, -0.05) is 39.5 Å². The predicted octanol–water partition coefficient (Wildman–Crippen LogP) is 2.60. The van der Waals surface area contributed by atoms with Crippen LogP contribution in [0.2, 0.25) is 0 Å². The van der Waals surface area contributed by atoms with Gasteiger partial charge in [-0.05, 0) is 38.5 Å². The lowest BCUT2D eigenvalue weighted by atomic mass is 9.91. The van der Waals surface area contributed by atoms with Crippen molar-refractivity contribution in [2.24, 2.45) is 11.8 Å². The number of aliphatic hydroxyl groups is 2. The van der Waals surface area contributed by atoms with Crippen LogP contribution in [-0.2, 0) is 4.74 Å². The van der Waals surface area contributed by atoms with Gasteiger partial charge in [0.2, 0.25) is 0 Å². The van der Waals surface area contributed by atoms with Gasteiger partial charge in [-0.25, -0.2) is 0 Å². The van der Waals surface area contributed by atoms with Crippen LogP contribution in [-0.4, -0.2) is 34.6 Å². The van der Waals surface area contributed by atoms with Crippen LogP contribution >= 0.6 is 0 Å². The fraction of sp³-hybridized carbons (Fsp3) is 0.875. The molecule has 0 aromatic heterocycles. The standard InChI is InChI=1S/C14H26O2.C2H4O/c1-11(2)9-13(5,15)7-8-14(6,16)10-12(3)4;1-2-3-1/h11-12,15-16H,9-10H2,1-6H3;1-2H2. The largest absolute Gasteiger partial charge is 0.378 e. The maximum atomic E-state index is 10.00. The molecule has 0 saturated carbocycles. The molecule has 0 bridgehead atoms. The molecule has 1 heterocycles. The van der Waals surface area contributed by atoms with E-state index in [1.54, 1.807) is 13.8 Å². The molecular weight excluding hydrogens is 240 g/mol. The van der Waals surface area contributed by atoms with Crippen molar-refractivity contribution in [2.45, 2.75) is 65.6 Å². The van der Waals surface area contributed by atoms with E-state index in [2.05, 4.69) is 16.6 Å². The lowest BCUT2D eigenvalue weighted by Crippen LogP contribution is -2.28. The fourth-order valence-corrected chi connectivity index (χ4v) is 1.96. The molecule has 3 heteroatoms. The summed E-state index contributed by atoms with van der Waals surface area (Å²) < 4.78 is 4.50. The van der Waals surface area contributed by atoms with Gasteiger partial charge in [0.15, 0.2) is 0 Å². The molecule has 19 heavy (non-hydrogen) atoms. The number of hydrogen-bond acceptors (Lipinski definition) is 3. The highest BCUT2D eigenvalue weighted by Crippen LogP contribution is 2.18. The first-order valence-electron chi connectivity index (χ1n) is 7.11. The van der Waals surface area contributed by atoms with Gasteiger partial charge in [0.05, 0.1) is 13.2 Å². The second kappa shape index (κ2) is 7.89. The molecule has 0 amide bonds. The molecule has 2 atom stereocenters. The summed E-state index contributed by atoms with van der Waals surface area (Å²) in [5.41, 5.74) is -2.01. The van der Waals surface area contributed by atoms with Crippen molar-refractivity contribution in [3.05, 3.63) is 0 Å². The van der Waals surface area contributed by atoms with E-state index in [4.69, 9.17) is 0 Å². The average molecular weight is 270 g/mol. The molecule has 2 N–H and O–H groups in total. The third kappa shape index (κ3) is 13.7. The third-order valence-electron chi connectivity index (χ3n) is 2.42. The van der Waals surface area contributed by atoms with Gasteiger partial charge in [0.25, 0.3) is 0 Å². The normalized spacial score (nSPS) is 19.7. The summed E-state index contributed by atoms with van der Waals surface area (Å²) in [6.45, 7) is 13.6. The quantitative estimate of drug-likeness (QED) is 0.610. The molecule has 1 rings (SSSR count). The van der Waals surface area contributed by atoms with E-state index in [-0.39, 0.29) is 0 Å². The van der Waals surface area contributed by atoms with Crippen LogP contribution in [0.5, 0.6) is 0 Å². The summed E-state index contributed by atoms with van der Waals surface area (Å²) in [4.78, 5) is 0. The number of ether oxygens (including phenoxy) is 1. The minimum Gasteiger partial charge on any atom is -0.378 e. The third-order valence-corrected chi connectivity index (χ3v) is 2.42. The van der Waals surface area contributed by atoms with E-state index in [1.807, 2.05) is 27.7 Å². The Morgan fingerprint density at radius 3 is 1.32 bits per heavy atom. The maximum Gasteiger partial charge on any atom is 0.123 e. The van der Waals surface area contributed by atoms with Crippen molar-refractivity contribution in [1.29, 1.82) is 0 Å². The Hall–Kier alpha value is -0.560. The Kier molecular flexibility index (Phi) is 7.66. The number of rotatable bonds is 4. The van der Waals surface area contributed by atoms with Gasteiger partial charge in [0.1, 0.15) is 11.2 Å². The zero-order chi connectivity index (χ0) is 15.1. The van der Waals surface area contributed by atoms with E-state index in [1.165, 1.54) is 0 Å². The lowest BCUT2D eigenvalue weighted by molar-refractivity contribution is 0.0859. The minimum atomic E-state index is -1.00. The van der Waals surface area contributed by atoms with Crippen molar-refractivity contribution < 1.29 is 14.9 Å². The fourth-order valence-electron chi connectivity index (χ4n) is 1.96. The number of hydrogen-bond donors (Lipinski definition) is 2. The molecule has 1 saturated heterocycles. The molecule has 112 valence electrons. The second-order valence-corrected chi connectivity index (χ2v) is 6.61. The number of epoxide rings is 1. The first kappa shape index (κ1) is 18.4. The van der Waals surface area contributed by atoms with Crippen molar-refractivity contribution in [3.8, 4) is 11.8 Å². The van der Waals surface area contributed by atoms with Crippen molar-refractivity contribution >= 4 is 0 Å². The zero-order valence-corrected chi connectivity index (χ0v) is 13.3. The zero-order valence-electron chi connectivity index (χ0n) is 13.3. The van der Waals surface area contributed by atoms with Crippen LogP contribution < -0.4 is 0 Å². The maximum absolute atomic E-state index is 10.00. The summed E-state index contributed by atoms with van der Waals surface area (Å²) in [6.07, 6.45) is 1.25. The van der Waals surface area contributed by atoms with E-state index in [0.29, 0.717) is 24.7 Å². The minimum absolute atomic E-state index is 0.388. The molecule has 1 aliphatic heterocycles. The van der Waals surface area contributed by atoms with Gasteiger partial charge in [0, 0.05) is 0 Å². The Morgan fingerprint density at radius 2 is 1.16 bits per heavy atom. The molecule has 0 aromatic carbocycles. The summed E-state index contributed by atoms with van der Waals surface area (Å²) in [6, 6.07) is 0. The van der Waals surface area contributed by atoms with Gasteiger partial charge in [-0.15, -0.1) is 0 Å². The average Bonchev–Trinajstić information content (AvgIpc) is 2.97. The van der Waals surface area contributed by atoms with Crippen LogP contribution in [0.25, 0.3) is 0 Å². The Morgan fingerprint density at radius 1 is 0.895 bits per heavy atom. The smallest absolute Gasteiger partial charge is 0.123 e. The van der Waals surface area contributed by atoms with E-state index in [9.17, 15) is 10.2 Å². The van der Waals surface area contributed by atoms with E-state index < -0.39 is 11.2 Å². The Bertz CT molecular complexity index is 275. The second-order valence-electron chi connectivity index (χ2n) is 6.61. The molecule has 0 spiro atoms. The molecule has 0 radical (unpaired) electrons. The summed E-state index contributed by atoms with van der Waals surface area (Å²) in [5.74, 6) is 6.36. The first-order chi connectivity index (χ1) is 8.54. The van der Waals surface area contributed by atoms with Crippen LogP contribution in [0.3, 0.4) is 0 Å². The van der Waals surface area contributed by atoms with Crippen LogP contribution in [0.1, 0.15) is 54.4 Å². The topological polar surface area (TPSA) is 53.0 Å². The van der Waals surface area contributed by atoms with Gasteiger partial charge in [-0.2, -0.15) is 0 Å². The highest BCUT2D eigenvalue weighted by atomic mass is 16.6. The monoisotopic (exact) mass is 270 g/mol. The Labute approximate surface area is 118 Å². The lowest BCUT2D eigenvalue weighted by Gasteiger charge is -2.22. The Balaban J connectivity index is 0.000000934. The van der Waals surface area contributed by atoms with Crippen molar-refractivity contribution in [2.75, 3.05) is 13.2 Å². The van der Waals surface area contributed by atoms with E-state index >= 15 is 0 Å². The molecule has 3 nitrogen and oxygen atoms in total. The van der Waals surface area contributed by atoms with Crippen molar-refractivity contribution in [1.82, 2.24) is 0 Å². The summed E-state index contributed by atoms with van der Waals surface area (Å²) >= 11 is 0. The van der Waals surface area contributed by atoms with E-state index in [0.717, 1.165) is 13.2 Å². The highest BCUT2D eigenvalue weighted by Gasteiger charge is 2.22. The summed E-state index contributed by atoms with van der Waals surface area (Å²) in [5, 5.41) is 20.0. The molecule has 0 aliphatic carbocycles. The van der Waals surface area contributed by atoms with Gasteiger partial charge in [-0.3, -0.25) is 0 Å². The van der Waals surface area contributed by atoms with Crippen LogP contribution in [0.15, 0.2) is 0 Å². The molecule has 0 aromatic rings. The van der Waals surface area contributed by atoms with Gasteiger partial charge < -0.3 is 14.9 Å². The molecule has 2 unspecified atom stereocenters. The molecular formula is C16H30O3. The van der Waals surface area contributed by atoms with Crippen LogP contribution in [0.4, 0.5) is 0 Å². The van der Waals surface area contributed by atoms with Crippen molar-refractivity contribution in [3.63, 3.8) is 0 Å². The first-order valence-corrected chi connectivity index (χ1v) is 7.11. The van der Waals surface area contributed by atoms with Crippen LogP contribution in [0, 0.1) is 23.7 Å². The molecule has 1 aliphatic rings. The molecule has 1 fully saturated rings. The predicted molar refractivity (Wildman–Crippen MR) is 78.8 cm³/mol. The summed E-state index contributed by atoms with van der Waals surface area (Å²) in [7, 11) is 0.